The molecule has 6 nitrogen and oxygen atoms in total. The SMILES string of the molecule is Cc1ccc(N2CCN(CCC(=O)N3CCC(Nc4ccnc(C(F)(F)F)c4)CC3)CC2)cc1. The fourth-order valence-electron chi connectivity index (χ4n) is 4.58. The highest BCUT2D eigenvalue weighted by molar-refractivity contribution is 5.76. The number of pyridine rings is 1. The van der Waals surface area contributed by atoms with Gasteiger partial charge in [-0.25, -0.2) is 0 Å². The molecule has 0 aliphatic carbocycles. The molecule has 1 aromatic heterocycles. The summed E-state index contributed by atoms with van der Waals surface area (Å²) in [6.07, 6.45) is -1.36. The van der Waals surface area contributed by atoms with Gasteiger partial charge in [-0.2, -0.15) is 13.2 Å². The van der Waals surface area contributed by atoms with Gasteiger partial charge in [0.05, 0.1) is 0 Å². The monoisotopic (exact) mass is 475 g/mol. The maximum Gasteiger partial charge on any atom is 0.433 e. The number of halogens is 3. The van der Waals surface area contributed by atoms with Crippen LogP contribution >= 0.6 is 0 Å². The molecular formula is C25H32F3N5O. The van der Waals surface area contributed by atoms with Crippen LogP contribution in [0.15, 0.2) is 42.6 Å². The predicted molar refractivity (Wildman–Crippen MR) is 127 cm³/mol. The molecule has 2 aliphatic heterocycles. The lowest BCUT2D eigenvalue weighted by atomic mass is 10.0. The van der Waals surface area contributed by atoms with Crippen LogP contribution in [0.3, 0.4) is 0 Å². The number of carbonyl (C=O) groups excluding carboxylic acids is 1. The second kappa shape index (κ2) is 10.6. The largest absolute Gasteiger partial charge is 0.433 e. The number of nitrogens with one attached hydrogen (secondary N) is 1. The molecule has 0 bridgehead atoms. The minimum atomic E-state index is -4.46. The Morgan fingerprint density at radius 3 is 2.35 bits per heavy atom. The molecule has 0 saturated carbocycles. The molecule has 184 valence electrons. The summed E-state index contributed by atoms with van der Waals surface area (Å²) < 4.78 is 38.6. The van der Waals surface area contributed by atoms with Crippen LogP contribution < -0.4 is 10.2 Å². The second-order valence-corrected chi connectivity index (χ2v) is 9.14. The molecule has 1 N–H and O–H groups in total. The first-order valence-electron chi connectivity index (χ1n) is 11.9. The van der Waals surface area contributed by atoms with Crippen LogP contribution in [-0.2, 0) is 11.0 Å². The van der Waals surface area contributed by atoms with E-state index in [-0.39, 0.29) is 11.9 Å². The smallest absolute Gasteiger partial charge is 0.382 e. The van der Waals surface area contributed by atoms with Gasteiger partial charge in [-0.1, -0.05) is 17.7 Å². The summed E-state index contributed by atoms with van der Waals surface area (Å²) in [5.74, 6) is 0.155. The van der Waals surface area contributed by atoms with Gasteiger partial charge in [0.15, 0.2) is 0 Å². The Labute approximate surface area is 198 Å². The maximum atomic E-state index is 12.9. The third-order valence-corrected chi connectivity index (χ3v) is 6.68. The lowest BCUT2D eigenvalue weighted by Gasteiger charge is -2.37. The third-order valence-electron chi connectivity index (χ3n) is 6.68. The van der Waals surface area contributed by atoms with Crippen LogP contribution in [0.4, 0.5) is 24.5 Å². The van der Waals surface area contributed by atoms with Crippen LogP contribution in [-0.4, -0.2) is 72.5 Å². The van der Waals surface area contributed by atoms with Gasteiger partial charge < -0.3 is 15.1 Å². The zero-order chi connectivity index (χ0) is 24.1. The number of rotatable bonds is 6. The lowest BCUT2D eigenvalue weighted by molar-refractivity contribution is -0.141. The van der Waals surface area contributed by atoms with Crippen molar-refractivity contribution in [2.45, 2.75) is 38.4 Å². The first-order chi connectivity index (χ1) is 16.3. The van der Waals surface area contributed by atoms with Crippen molar-refractivity contribution in [1.82, 2.24) is 14.8 Å². The van der Waals surface area contributed by atoms with Gasteiger partial charge in [0, 0.05) is 75.8 Å². The highest BCUT2D eigenvalue weighted by Crippen LogP contribution is 2.29. The van der Waals surface area contributed by atoms with Crippen LogP contribution in [0.1, 0.15) is 30.5 Å². The predicted octanol–water partition coefficient (Wildman–Crippen LogP) is 4.02. The van der Waals surface area contributed by atoms with Crippen molar-refractivity contribution < 1.29 is 18.0 Å². The molecular weight excluding hydrogens is 443 g/mol. The maximum absolute atomic E-state index is 12.9. The molecule has 0 radical (unpaired) electrons. The van der Waals surface area contributed by atoms with Gasteiger partial charge in [-0.3, -0.25) is 14.7 Å². The average Bonchev–Trinajstić information content (AvgIpc) is 2.83. The van der Waals surface area contributed by atoms with E-state index < -0.39 is 11.9 Å². The minimum absolute atomic E-state index is 0.0439. The molecule has 0 spiro atoms. The lowest BCUT2D eigenvalue weighted by Crippen LogP contribution is -2.48. The van der Waals surface area contributed by atoms with Crippen molar-refractivity contribution >= 4 is 17.3 Å². The number of likely N-dealkylation sites (tertiary alicyclic amines) is 1. The van der Waals surface area contributed by atoms with Gasteiger partial charge >= 0.3 is 6.18 Å². The number of aromatic nitrogens is 1. The summed E-state index contributed by atoms with van der Waals surface area (Å²) in [4.78, 5) is 22.7. The van der Waals surface area contributed by atoms with Crippen molar-refractivity contribution in [3.8, 4) is 0 Å². The molecule has 3 heterocycles. The third kappa shape index (κ3) is 6.40. The second-order valence-electron chi connectivity index (χ2n) is 9.14. The first kappa shape index (κ1) is 24.3. The van der Waals surface area contributed by atoms with Crippen molar-refractivity contribution in [1.29, 1.82) is 0 Å². The number of piperidine rings is 1. The average molecular weight is 476 g/mol. The van der Waals surface area contributed by atoms with E-state index in [2.05, 4.69) is 51.3 Å². The topological polar surface area (TPSA) is 51.7 Å². The summed E-state index contributed by atoms with van der Waals surface area (Å²) in [7, 11) is 0. The normalized spacial score (nSPS) is 18.2. The molecule has 2 aromatic rings. The van der Waals surface area contributed by atoms with E-state index in [0.29, 0.717) is 38.0 Å². The molecule has 2 fully saturated rings. The minimum Gasteiger partial charge on any atom is -0.382 e. The molecule has 4 rings (SSSR count). The van der Waals surface area contributed by atoms with Crippen molar-refractivity contribution in [2.24, 2.45) is 0 Å². The molecule has 1 aromatic carbocycles. The zero-order valence-electron chi connectivity index (χ0n) is 19.5. The van der Waals surface area contributed by atoms with Crippen LogP contribution in [0, 0.1) is 6.92 Å². The van der Waals surface area contributed by atoms with Gasteiger partial charge in [-0.05, 0) is 44.0 Å². The van der Waals surface area contributed by atoms with E-state index in [1.165, 1.54) is 17.4 Å². The Bertz CT molecular complexity index is 950. The zero-order valence-corrected chi connectivity index (χ0v) is 19.5. The van der Waals surface area contributed by atoms with Crippen LogP contribution in [0.5, 0.6) is 0 Å². The summed E-state index contributed by atoms with van der Waals surface area (Å²) in [6, 6.07) is 11.2. The van der Waals surface area contributed by atoms with Gasteiger partial charge in [0.25, 0.3) is 0 Å². The highest BCUT2D eigenvalue weighted by Gasteiger charge is 2.33. The number of amides is 1. The number of carbonyl (C=O) groups is 1. The van der Waals surface area contributed by atoms with E-state index in [9.17, 15) is 18.0 Å². The number of hydrogen-bond donors (Lipinski definition) is 1. The van der Waals surface area contributed by atoms with E-state index in [0.717, 1.165) is 38.8 Å². The van der Waals surface area contributed by atoms with Crippen molar-refractivity contribution in [3.63, 3.8) is 0 Å². The summed E-state index contributed by atoms with van der Waals surface area (Å²) in [5.41, 5.74) is 2.02. The number of benzene rings is 1. The molecule has 1 amide bonds. The van der Waals surface area contributed by atoms with E-state index in [4.69, 9.17) is 0 Å². The Balaban J connectivity index is 1.16. The summed E-state index contributed by atoms with van der Waals surface area (Å²) in [5, 5.41) is 3.17. The number of anilines is 2. The van der Waals surface area contributed by atoms with Gasteiger partial charge in [0.1, 0.15) is 5.69 Å². The Morgan fingerprint density at radius 1 is 1.03 bits per heavy atom. The molecule has 2 aliphatic rings. The van der Waals surface area contributed by atoms with E-state index >= 15 is 0 Å². The molecule has 0 unspecified atom stereocenters. The molecule has 9 heteroatoms. The van der Waals surface area contributed by atoms with Gasteiger partial charge in [0.2, 0.25) is 5.91 Å². The first-order valence-corrected chi connectivity index (χ1v) is 11.9. The fraction of sp³-hybridized carbons (Fsp3) is 0.520. The molecule has 2 saturated heterocycles. The number of hydrogen-bond acceptors (Lipinski definition) is 5. The summed E-state index contributed by atoms with van der Waals surface area (Å²) >= 11 is 0. The fourth-order valence-corrected chi connectivity index (χ4v) is 4.58. The highest BCUT2D eigenvalue weighted by atomic mass is 19.4. The quantitative estimate of drug-likeness (QED) is 0.684. The van der Waals surface area contributed by atoms with Crippen molar-refractivity contribution in [3.05, 3.63) is 53.9 Å². The standard InChI is InChI=1S/C25H32F3N5O/c1-19-2-4-22(5-3-19)32-16-14-31(15-17-32)11-9-24(34)33-12-7-20(8-13-33)30-21-6-10-29-23(18-21)25(26,27)28/h2-6,10,18,20H,7-9,11-17H2,1H3,(H,29,30). The van der Waals surface area contributed by atoms with Gasteiger partial charge in [-0.15, -0.1) is 0 Å². The van der Waals surface area contributed by atoms with E-state index in [1.807, 2.05) is 4.90 Å². The number of alkyl halides is 3. The number of piperazine rings is 1. The Kier molecular flexibility index (Phi) is 7.60. The molecule has 0 atom stereocenters. The number of aryl methyl sites for hydroxylation is 1. The molecule has 34 heavy (non-hydrogen) atoms. The van der Waals surface area contributed by atoms with Crippen molar-refractivity contribution in [2.75, 3.05) is 56.0 Å². The summed E-state index contributed by atoms with van der Waals surface area (Å²) in [6.45, 7) is 7.89. The Hall–Kier alpha value is -2.81. The number of nitrogens with zero attached hydrogens (tertiary/aromatic N) is 4. The Morgan fingerprint density at radius 2 is 1.71 bits per heavy atom. The van der Waals surface area contributed by atoms with E-state index in [1.54, 1.807) is 6.07 Å². The van der Waals surface area contributed by atoms with Crippen LogP contribution in [0.2, 0.25) is 0 Å². The van der Waals surface area contributed by atoms with Crippen LogP contribution in [0.25, 0.3) is 0 Å².